The molecule has 0 spiro atoms. The summed E-state index contributed by atoms with van der Waals surface area (Å²) in [6.07, 6.45) is 0.945. The van der Waals surface area contributed by atoms with Crippen LogP contribution in [0.5, 0.6) is 0 Å². The Morgan fingerprint density at radius 2 is 1.85 bits per heavy atom. The molecule has 0 unspecified atom stereocenters. The van der Waals surface area contributed by atoms with E-state index in [0.717, 1.165) is 23.2 Å². The molecule has 2 amide bonds. The maximum Gasteiger partial charge on any atom is 0.277 e. The minimum atomic E-state index is -1.15. The molecule has 2 aromatic carbocycles. The first-order valence-electron chi connectivity index (χ1n) is 9.96. The molecular formula is C22H18BrF4N3O3. The molecule has 1 atom stereocenters. The molecule has 2 aliphatic heterocycles. The second-order valence-electron chi connectivity index (χ2n) is 8.01. The predicted octanol–water partition coefficient (Wildman–Crippen LogP) is 4.57. The molecule has 0 saturated carbocycles. The van der Waals surface area contributed by atoms with Crippen molar-refractivity contribution in [3.8, 4) is 0 Å². The molecule has 2 N–H and O–H groups in total. The Morgan fingerprint density at radius 1 is 1.18 bits per heavy atom. The number of aliphatic hydroxyl groups is 1. The molecular weight excluding hydrogens is 510 g/mol. The van der Waals surface area contributed by atoms with E-state index in [1.54, 1.807) is 6.92 Å². The van der Waals surface area contributed by atoms with Gasteiger partial charge in [-0.05, 0) is 53.9 Å². The van der Waals surface area contributed by atoms with Gasteiger partial charge in [0.05, 0.1) is 16.6 Å². The van der Waals surface area contributed by atoms with Gasteiger partial charge < -0.3 is 10.4 Å². The van der Waals surface area contributed by atoms with E-state index >= 15 is 0 Å². The van der Waals surface area contributed by atoms with Gasteiger partial charge in [0.1, 0.15) is 23.0 Å². The number of nitrogens with zero attached hydrogens (tertiary/aromatic N) is 2. The first kappa shape index (κ1) is 23.2. The molecule has 0 aliphatic carbocycles. The van der Waals surface area contributed by atoms with Gasteiger partial charge in [0.25, 0.3) is 11.8 Å². The van der Waals surface area contributed by atoms with Crippen molar-refractivity contribution in [3.63, 3.8) is 0 Å². The Kier molecular flexibility index (Phi) is 5.95. The number of carbonyl (C=O) groups is 2. The van der Waals surface area contributed by atoms with Gasteiger partial charge in [0.2, 0.25) is 0 Å². The molecule has 174 valence electrons. The van der Waals surface area contributed by atoms with Gasteiger partial charge in [0, 0.05) is 17.8 Å². The fourth-order valence-electron chi connectivity index (χ4n) is 4.20. The fourth-order valence-corrected chi connectivity index (χ4v) is 4.43. The summed E-state index contributed by atoms with van der Waals surface area (Å²) in [5.41, 5.74) is -2.18. The summed E-state index contributed by atoms with van der Waals surface area (Å²) in [6, 6.07) is 5.24. The monoisotopic (exact) mass is 527 g/mol. The first-order chi connectivity index (χ1) is 15.5. The van der Waals surface area contributed by atoms with Gasteiger partial charge >= 0.3 is 0 Å². The Hall–Kier alpha value is -2.92. The molecule has 1 fully saturated rings. The number of anilines is 1. The summed E-state index contributed by atoms with van der Waals surface area (Å²) >= 11 is 2.73. The maximum atomic E-state index is 14.3. The first-order valence-corrected chi connectivity index (χ1v) is 10.8. The Balaban J connectivity index is 1.72. The highest BCUT2D eigenvalue weighted by Gasteiger charge is 2.52. The van der Waals surface area contributed by atoms with Gasteiger partial charge in [-0.2, -0.15) is 0 Å². The lowest BCUT2D eigenvalue weighted by Crippen LogP contribution is -2.60. The Labute approximate surface area is 194 Å². The summed E-state index contributed by atoms with van der Waals surface area (Å²) in [5, 5.41) is 15.7. The minimum absolute atomic E-state index is 0.115. The third-order valence-corrected chi connectivity index (χ3v) is 6.67. The number of rotatable bonds is 4. The van der Waals surface area contributed by atoms with Crippen molar-refractivity contribution >= 4 is 33.4 Å². The number of hydrogen-bond acceptors (Lipinski definition) is 4. The van der Waals surface area contributed by atoms with E-state index in [9.17, 15) is 32.3 Å². The van der Waals surface area contributed by atoms with Crippen LogP contribution in [0.2, 0.25) is 0 Å². The zero-order chi connectivity index (χ0) is 24.1. The number of nitrogens with one attached hydrogen (secondary N) is 1. The number of hydrogen-bond donors (Lipinski definition) is 2. The largest absolute Gasteiger partial charge is 0.509 e. The second-order valence-corrected chi connectivity index (χ2v) is 8.80. The van der Waals surface area contributed by atoms with Crippen LogP contribution < -0.4 is 5.32 Å². The lowest BCUT2D eigenvalue weighted by Gasteiger charge is -2.46. The smallest absolute Gasteiger partial charge is 0.277 e. The molecule has 2 heterocycles. The lowest BCUT2D eigenvalue weighted by molar-refractivity contribution is -0.160. The van der Waals surface area contributed by atoms with Crippen LogP contribution in [-0.2, 0) is 16.1 Å². The highest BCUT2D eigenvalue weighted by Crippen LogP contribution is 2.42. The van der Waals surface area contributed by atoms with Crippen molar-refractivity contribution < 1.29 is 32.3 Å². The van der Waals surface area contributed by atoms with E-state index in [1.807, 2.05) is 0 Å². The van der Waals surface area contributed by atoms with Gasteiger partial charge in [-0.15, -0.1) is 0 Å². The fraction of sp³-hybridized carbons (Fsp3) is 0.273. The van der Waals surface area contributed by atoms with Crippen molar-refractivity contribution in [2.45, 2.75) is 31.8 Å². The molecule has 0 aromatic heterocycles. The van der Waals surface area contributed by atoms with Crippen LogP contribution in [0.3, 0.4) is 0 Å². The molecule has 0 radical (unpaired) electrons. The third-order valence-electron chi connectivity index (χ3n) is 5.91. The SMILES string of the molecule is C[C@]12CCCN1N(Cc1cccc(F)c1F)C(=O)C(C(=O)Nc1cc(F)c(Br)c(F)c1)=C2O. The minimum Gasteiger partial charge on any atom is -0.509 e. The number of halogens is 5. The summed E-state index contributed by atoms with van der Waals surface area (Å²) < 4.78 is 55.3. The van der Waals surface area contributed by atoms with E-state index in [-0.39, 0.29) is 17.8 Å². The molecule has 0 bridgehead atoms. The van der Waals surface area contributed by atoms with Crippen LogP contribution in [0.4, 0.5) is 23.2 Å². The second kappa shape index (κ2) is 8.45. The Morgan fingerprint density at radius 3 is 2.52 bits per heavy atom. The van der Waals surface area contributed by atoms with Crippen LogP contribution in [0.15, 0.2) is 46.1 Å². The van der Waals surface area contributed by atoms with Crippen LogP contribution in [0.25, 0.3) is 0 Å². The van der Waals surface area contributed by atoms with Crippen LogP contribution in [0, 0.1) is 23.3 Å². The summed E-state index contributed by atoms with van der Waals surface area (Å²) in [4.78, 5) is 26.2. The van der Waals surface area contributed by atoms with Crippen LogP contribution in [0.1, 0.15) is 25.3 Å². The molecule has 1 saturated heterocycles. The summed E-state index contributed by atoms with van der Waals surface area (Å²) in [7, 11) is 0. The summed E-state index contributed by atoms with van der Waals surface area (Å²) in [6.45, 7) is 1.56. The molecule has 2 aromatic rings. The van der Waals surface area contributed by atoms with Gasteiger partial charge in [-0.25, -0.2) is 22.6 Å². The van der Waals surface area contributed by atoms with Gasteiger partial charge in [0.15, 0.2) is 11.6 Å². The molecule has 2 aliphatic rings. The standard InChI is InChI=1S/C22H18BrF4N3O3/c1-22-6-3-7-30(22)29(10-11-4-2-5-13(24)18(11)27)21(33)16(19(22)31)20(32)28-12-8-14(25)17(23)15(26)9-12/h2,4-5,8-9,31H,3,6-7,10H2,1H3,(H,28,32)/t22-/m1/s1. The average molecular weight is 528 g/mol. The quantitative estimate of drug-likeness (QED) is 0.347. The van der Waals surface area contributed by atoms with E-state index in [2.05, 4.69) is 21.2 Å². The average Bonchev–Trinajstić information content (AvgIpc) is 3.15. The molecule has 33 heavy (non-hydrogen) atoms. The Bertz CT molecular complexity index is 1180. The molecule has 4 rings (SSSR count). The van der Waals surface area contributed by atoms with Crippen molar-refractivity contribution in [1.82, 2.24) is 10.0 Å². The predicted molar refractivity (Wildman–Crippen MR) is 114 cm³/mol. The van der Waals surface area contributed by atoms with Crippen LogP contribution in [-0.4, -0.2) is 39.0 Å². The highest BCUT2D eigenvalue weighted by atomic mass is 79.9. The normalized spacial score (nSPS) is 20.9. The highest BCUT2D eigenvalue weighted by molar-refractivity contribution is 9.10. The van der Waals surface area contributed by atoms with E-state index in [0.29, 0.717) is 19.4 Å². The number of aliphatic hydroxyl groups excluding tert-OH is 1. The zero-order valence-electron chi connectivity index (χ0n) is 17.3. The molecule has 6 nitrogen and oxygen atoms in total. The van der Waals surface area contributed by atoms with Gasteiger partial charge in [-0.3, -0.25) is 14.6 Å². The van der Waals surface area contributed by atoms with E-state index in [1.165, 1.54) is 17.1 Å². The van der Waals surface area contributed by atoms with E-state index in [4.69, 9.17) is 0 Å². The van der Waals surface area contributed by atoms with Crippen LogP contribution >= 0.6 is 15.9 Å². The zero-order valence-corrected chi connectivity index (χ0v) is 18.8. The number of carbonyl (C=O) groups excluding carboxylic acids is 2. The van der Waals surface area contributed by atoms with Crippen molar-refractivity contribution in [1.29, 1.82) is 0 Å². The number of hydrazine groups is 1. The lowest BCUT2D eigenvalue weighted by atomic mass is 9.90. The number of amides is 2. The molecule has 11 heteroatoms. The topological polar surface area (TPSA) is 72.9 Å². The maximum absolute atomic E-state index is 14.3. The van der Waals surface area contributed by atoms with Gasteiger partial charge in [-0.1, -0.05) is 12.1 Å². The van der Waals surface area contributed by atoms with E-state index < -0.39 is 56.4 Å². The van der Waals surface area contributed by atoms with Crippen molar-refractivity contribution in [2.75, 3.05) is 11.9 Å². The summed E-state index contributed by atoms with van der Waals surface area (Å²) in [5.74, 6) is -6.71. The third kappa shape index (κ3) is 3.89. The number of fused-ring (bicyclic) bond motifs is 1. The van der Waals surface area contributed by atoms with Crippen molar-refractivity contribution in [3.05, 3.63) is 75.0 Å². The number of benzene rings is 2. The van der Waals surface area contributed by atoms with Crippen molar-refractivity contribution in [2.24, 2.45) is 0 Å².